The van der Waals surface area contributed by atoms with E-state index >= 15 is 0 Å². The summed E-state index contributed by atoms with van der Waals surface area (Å²) >= 11 is 0. The summed E-state index contributed by atoms with van der Waals surface area (Å²) in [5, 5.41) is 0. The maximum Gasteiger partial charge on any atom is 0.337 e. The molecule has 12 heteroatoms. The van der Waals surface area contributed by atoms with E-state index in [1.165, 1.54) is 21.3 Å². The van der Waals surface area contributed by atoms with Gasteiger partial charge in [0.1, 0.15) is 17.2 Å². The lowest BCUT2D eigenvalue weighted by molar-refractivity contribution is 0.0592. The van der Waals surface area contributed by atoms with Crippen LogP contribution in [0.1, 0.15) is 99.6 Å². The number of ketones is 3. The molecule has 0 bridgehead atoms. The number of benzene rings is 6. The van der Waals surface area contributed by atoms with Crippen LogP contribution < -0.4 is 14.2 Å². The van der Waals surface area contributed by atoms with Crippen molar-refractivity contribution in [1.29, 1.82) is 0 Å². The predicted molar refractivity (Wildman–Crippen MR) is 280 cm³/mol. The van der Waals surface area contributed by atoms with Gasteiger partial charge in [-0.15, -0.1) is 0 Å². The third-order valence-corrected chi connectivity index (χ3v) is 11.1. The number of ether oxygens (including phenoxy) is 6. The second kappa shape index (κ2) is 28.8. The molecule has 12 nitrogen and oxygen atoms in total. The van der Waals surface area contributed by atoms with Crippen molar-refractivity contribution in [2.75, 3.05) is 42.7 Å². The van der Waals surface area contributed by atoms with Gasteiger partial charge in [-0.1, -0.05) is 130 Å². The zero-order valence-electron chi connectivity index (χ0n) is 42.0. The van der Waals surface area contributed by atoms with Gasteiger partial charge in [0.05, 0.1) is 59.3 Å². The van der Waals surface area contributed by atoms with E-state index in [0.717, 1.165) is 33.9 Å². The number of carbonyl (C=O) groups excluding carboxylic acids is 6. The highest BCUT2D eigenvalue weighted by atomic mass is 16.5. The summed E-state index contributed by atoms with van der Waals surface area (Å²) in [7, 11) is 8.85. The quantitative estimate of drug-likeness (QED) is 0.0457. The second-order valence-electron chi connectivity index (χ2n) is 16.1. The third kappa shape index (κ3) is 17.1. The van der Waals surface area contributed by atoms with Gasteiger partial charge >= 0.3 is 17.9 Å². The molecule has 0 unspecified atom stereocenters. The van der Waals surface area contributed by atoms with Crippen LogP contribution >= 0.6 is 0 Å². The van der Waals surface area contributed by atoms with Crippen molar-refractivity contribution in [3.8, 4) is 17.2 Å². The van der Waals surface area contributed by atoms with Crippen LogP contribution in [0.2, 0.25) is 0 Å². The van der Waals surface area contributed by atoms with Crippen molar-refractivity contribution in [1.82, 2.24) is 0 Å². The SMILES string of the molecule is COC(=O)c1ccc(C(=O)[C@@H](C)/C=C/c2ccc(OC)cc2)cc1.COC(=O)c1ccc(C(=O)[C@@H](C)/C=C/c2ccc(OC)cc2)cc1.COC(=O)c1ccc(C(=O)[C@@H](C)/C=C/c2ccc(OC)cc2)cc1. The Labute approximate surface area is 421 Å². The number of hydrogen-bond donors (Lipinski definition) is 0. The standard InChI is InChI=1S/3C20H20O4/c3*1-14(4-5-15-6-12-18(23-2)13-7-15)19(21)16-8-10-17(11-9-16)20(22)24-3/h3*4-14H,1-3H3/b3*5-4+/t3*14-/m000/s1. The van der Waals surface area contributed by atoms with Gasteiger partial charge in [-0.3, -0.25) is 14.4 Å². The fourth-order valence-electron chi connectivity index (χ4n) is 6.63. The van der Waals surface area contributed by atoms with Crippen LogP contribution in [0.3, 0.4) is 0 Å². The predicted octanol–water partition coefficient (Wildman–Crippen LogP) is 12.0. The number of esters is 3. The summed E-state index contributed by atoms with van der Waals surface area (Å²) in [6.45, 7) is 5.53. The Balaban J connectivity index is 0.000000234. The molecule has 0 heterocycles. The van der Waals surface area contributed by atoms with Gasteiger partial charge in [0.2, 0.25) is 0 Å². The monoisotopic (exact) mass is 972 g/mol. The smallest absolute Gasteiger partial charge is 0.337 e. The fraction of sp³-hybridized carbons (Fsp3) is 0.200. The molecule has 0 N–H and O–H groups in total. The van der Waals surface area contributed by atoms with Crippen LogP contribution in [0.5, 0.6) is 17.2 Å². The molecule has 0 aliphatic rings. The summed E-state index contributed by atoms with van der Waals surface area (Å²) in [4.78, 5) is 71.5. The number of carbonyl (C=O) groups is 6. The van der Waals surface area contributed by atoms with Crippen molar-refractivity contribution in [3.63, 3.8) is 0 Å². The summed E-state index contributed by atoms with van der Waals surface area (Å²) in [5.41, 5.74) is 5.96. The zero-order valence-corrected chi connectivity index (χ0v) is 42.0. The van der Waals surface area contributed by atoms with Gasteiger partial charge in [-0.25, -0.2) is 14.4 Å². The Morgan fingerprint density at radius 3 is 0.681 bits per heavy atom. The molecule has 6 aromatic rings. The van der Waals surface area contributed by atoms with E-state index in [1.54, 1.807) is 94.1 Å². The first-order chi connectivity index (χ1) is 34.6. The maximum atomic E-state index is 12.4. The van der Waals surface area contributed by atoms with Crippen LogP contribution in [0.4, 0.5) is 0 Å². The third-order valence-electron chi connectivity index (χ3n) is 11.1. The van der Waals surface area contributed by atoms with Gasteiger partial charge in [0.25, 0.3) is 0 Å². The number of rotatable bonds is 18. The number of Topliss-reactive ketones (excluding diaryl/α,β-unsaturated/α-hetero) is 3. The van der Waals surface area contributed by atoms with E-state index in [9.17, 15) is 28.8 Å². The first-order valence-electron chi connectivity index (χ1n) is 22.8. The van der Waals surface area contributed by atoms with E-state index in [1.807, 2.05) is 130 Å². The van der Waals surface area contributed by atoms with Crippen LogP contribution in [0.25, 0.3) is 18.2 Å². The van der Waals surface area contributed by atoms with Gasteiger partial charge in [0.15, 0.2) is 17.3 Å². The Bertz CT molecular complexity index is 2490. The minimum atomic E-state index is -0.415. The van der Waals surface area contributed by atoms with Crippen molar-refractivity contribution in [2.24, 2.45) is 17.8 Å². The first-order valence-corrected chi connectivity index (χ1v) is 22.8. The molecule has 3 atom stereocenters. The van der Waals surface area contributed by atoms with Crippen molar-refractivity contribution < 1.29 is 57.2 Å². The lowest BCUT2D eigenvalue weighted by Gasteiger charge is -2.07. The second-order valence-corrected chi connectivity index (χ2v) is 16.1. The molecule has 0 radical (unpaired) electrons. The number of methoxy groups -OCH3 is 6. The molecule has 0 aromatic heterocycles. The average molecular weight is 973 g/mol. The Hall–Kier alpha value is -8.64. The average Bonchev–Trinajstić information content (AvgIpc) is 3.44. The van der Waals surface area contributed by atoms with Gasteiger partial charge in [0, 0.05) is 34.4 Å². The Morgan fingerprint density at radius 2 is 0.500 bits per heavy atom. The molecule has 0 spiro atoms. The summed E-state index contributed by atoms with van der Waals surface area (Å²) in [6, 6.07) is 42.3. The summed E-state index contributed by atoms with van der Waals surface area (Å²) in [5.74, 6) is 0.321. The molecule has 6 rings (SSSR count). The van der Waals surface area contributed by atoms with Gasteiger partial charge in [-0.2, -0.15) is 0 Å². The van der Waals surface area contributed by atoms with E-state index in [0.29, 0.717) is 33.4 Å². The Kier molecular flexibility index (Phi) is 22.3. The molecule has 0 saturated carbocycles. The highest BCUT2D eigenvalue weighted by Gasteiger charge is 2.16. The van der Waals surface area contributed by atoms with E-state index in [-0.39, 0.29) is 35.1 Å². The van der Waals surface area contributed by atoms with E-state index in [2.05, 4.69) is 14.2 Å². The fourth-order valence-corrected chi connectivity index (χ4v) is 6.63. The van der Waals surface area contributed by atoms with Gasteiger partial charge < -0.3 is 28.4 Å². The van der Waals surface area contributed by atoms with Crippen molar-refractivity contribution >= 4 is 53.5 Å². The molecule has 0 saturated heterocycles. The molecule has 0 aliphatic heterocycles. The minimum Gasteiger partial charge on any atom is -0.497 e. The van der Waals surface area contributed by atoms with Crippen LogP contribution in [0.15, 0.2) is 164 Å². The molecule has 72 heavy (non-hydrogen) atoms. The maximum absolute atomic E-state index is 12.4. The molecular formula is C60H60O12. The molecule has 372 valence electrons. The van der Waals surface area contributed by atoms with Crippen LogP contribution in [0, 0.1) is 17.8 Å². The summed E-state index contributed by atoms with van der Waals surface area (Å²) in [6.07, 6.45) is 11.3. The van der Waals surface area contributed by atoms with E-state index in [4.69, 9.17) is 14.2 Å². The molecule has 0 fully saturated rings. The highest BCUT2D eigenvalue weighted by Crippen LogP contribution is 2.20. The lowest BCUT2D eigenvalue weighted by Crippen LogP contribution is -2.09. The van der Waals surface area contributed by atoms with Crippen LogP contribution in [-0.2, 0) is 14.2 Å². The first kappa shape index (κ1) is 56.0. The molecule has 0 aliphatic carbocycles. The lowest BCUT2D eigenvalue weighted by atomic mass is 9.97. The van der Waals surface area contributed by atoms with E-state index < -0.39 is 17.9 Å². The summed E-state index contributed by atoms with van der Waals surface area (Å²) < 4.78 is 29.3. The normalized spacial score (nSPS) is 12.0. The minimum absolute atomic E-state index is 0.00354. The van der Waals surface area contributed by atoms with Crippen molar-refractivity contribution in [3.05, 3.63) is 214 Å². The number of allylic oxidation sites excluding steroid dienone is 3. The molecule has 0 amide bonds. The van der Waals surface area contributed by atoms with Gasteiger partial charge in [-0.05, 0) is 89.5 Å². The highest BCUT2D eigenvalue weighted by molar-refractivity contribution is 6.02. The Morgan fingerprint density at radius 1 is 0.306 bits per heavy atom. The largest absolute Gasteiger partial charge is 0.497 e. The van der Waals surface area contributed by atoms with Crippen molar-refractivity contribution in [2.45, 2.75) is 20.8 Å². The molecule has 6 aromatic carbocycles. The zero-order chi connectivity index (χ0) is 52.6. The topological polar surface area (TPSA) is 158 Å². The molecular weight excluding hydrogens is 913 g/mol. The van der Waals surface area contributed by atoms with Crippen LogP contribution in [-0.4, -0.2) is 77.9 Å². The number of hydrogen-bond acceptors (Lipinski definition) is 12.